The van der Waals surface area contributed by atoms with Crippen LogP contribution in [0.1, 0.15) is 38.5 Å². The second-order valence-corrected chi connectivity index (χ2v) is 5.23. The Bertz CT molecular complexity index is 325. The van der Waals surface area contributed by atoms with Crippen molar-refractivity contribution in [3.8, 4) is 6.07 Å². The molecule has 1 saturated heterocycles. The van der Waals surface area contributed by atoms with Gasteiger partial charge in [0, 0.05) is 20.2 Å². The van der Waals surface area contributed by atoms with Crippen molar-refractivity contribution in [1.29, 1.82) is 5.26 Å². The molecule has 0 aromatic carbocycles. The Morgan fingerprint density at radius 3 is 2.82 bits per heavy atom. The summed E-state index contributed by atoms with van der Waals surface area (Å²) in [4.78, 5) is 14.0. The monoisotopic (exact) mass is 236 g/mol. The molecular weight excluding hydrogens is 216 g/mol. The molecule has 1 amide bonds. The molecule has 4 heteroatoms. The quantitative estimate of drug-likeness (QED) is 0.749. The van der Waals surface area contributed by atoms with E-state index >= 15 is 0 Å². The van der Waals surface area contributed by atoms with Crippen molar-refractivity contribution >= 4 is 5.91 Å². The van der Waals surface area contributed by atoms with Gasteiger partial charge in [-0.2, -0.15) is 5.26 Å². The molecule has 0 radical (unpaired) electrons. The number of amides is 1. The maximum Gasteiger partial charge on any atom is 0.225 e. The van der Waals surface area contributed by atoms with Gasteiger partial charge < -0.3 is 9.64 Å². The molecule has 1 saturated carbocycles. The summed E-state index contributed by atoms with van der Waals surface area (Å²) in [6, 6.07) is 2.27. The molecule has 2 aliphatic rings. The van der Waals surface area contributed by atoms with Gasteiger partial charge in [-0.25, -0.2) is 0 Å². The topological polar surface area (TPSA) is 53.3 Å². The number of carbonyl (C=O) groups is 1. The Labute approximate surface area is 103 Å². The van der Waals surface area contributed by atoms with Gasteiger partial charge in [-0.05, 0) is 32.1 Å². The third kappa shape index (κ3) is 2.61. The van der Waals surface area contributed by atoms with Gasteiger partial charge in [0.1, 0.15) is 0 Å². The number of hydrogen-bond acceptors (Lipinski definition) is 3. The zero-order valence-corrected chi connectivity index (χ0v) is 10.4. The summed E-state index contributed by atoms with van der Waals surface area (Å²) in [7, 11) is 1.70. The predicted molar refractivity (Wildman–Crippen MR) is 63.1 cm³/mol. The molecule has 94 valence electrons. The first-order valence-corrected chi connectivity index (χ1v) is 6.42. The number of carbonyl (C=O) groups excluding carboxylic acids is 1. The number of nitriles is 1. The van der Waals surface area contributed by atoms with Crippen molar-refractivity contribution in [2.75, 3.05) is 20.2 Å². The molecule has 1 aliphatic carbocycles. The first-order chi connectivity index (χ1) is 8.19. The summed E-state index contributed by atoms with van der Waals surface area (Å²) in [5.74, 6) is 0.180. The molecule has 4 nitrogen and oxygen atoms in total. The number of ether oxygens (including phenoxy) is 1. The highest BCUT2D eigenvalue weighted by molar-refractivity contribution is 5.77. The van der Waals surface area contributed by atoms with Gasteiger partial charge in [-0.15, -0.1) is 0 Å². The Kier molecular flexibility index (Phi) is 3.68. The maximum atomic E-state index is 12.2. The summed E-state index contributed by atoms with van der Waals surface area (Å²) in [5, 5.41) is 8.91. The SMILES string of the molecule is COC1(CC(=O)N2CCCC(C#N)C2)CCC1. The fourth-order valence-electron chi connectivity index (χ4n) is 2.72. The van der Waals surface area contributed by atoms with Gasteiger partial charge in [0.15, 0.2) is 0 Å². The van der Waals surface area contributed by atoms with Crippen molar-refractivity contribution < 1.29 is 9.53 Å². The van der Waals surface area contributed by atoms with Gasteiger partial charge in [0.25, 0.3) is 0 Å². The van der Waals surface area contributed by atoms with Crippen LogP contribution in [0.2, 0.25) is 0 Å². The fourth-order valence-corrected chi connectivity index (χ4v) is 2.72. The minimum Gasteiger partial charge on any atom is -0.378 e. The van der Waals surface area contributed by atoms with Crippen LogP contribution in [-0.4, -0.2) is 36.6 Å². The molecule has 2 fully saturated rings. The summed E-state index contributed by atoms with van der Waals surface area (Å²) in [6.45, 7) is 1.41. The molecule has 2 rings (SSSR count). The lowest BCUT2D eigenvalue weighted by Crippen LogP contribution is -2.47. The number of likely N-dealkylation sites (tertiary alicyclic amines) is 1. The van der Waals surface area contributed by atoms with E-state index in [0.29, 0.717) is 13.0 Å². The van der Waals surface area contributed by atoms with E-state index < -0.39 is 0 Å². The summed E-state index contributed by atoms with van der Waals surface area (Å²) in [6.07, 6.45) is 5.50. The normalized spacial score (nSPS) is 27.1. The first-order valence-electron chi connectivity index (χ1n) is 6.42. The smallest absolute Gasteiger partial charge is 0.225 e. The largest absolute Gasteiger partial charge is 0.378 e. The maximum absolute atomic E-state index is 12.2. The summed E-state index contributed by atoms with van der Waals surface area (Å²) in [5.41, 5.74) is -0.198. The van der Waals surface area contributed by atoms with Crippen molar-refractivity contribution in [1.82, 2.24) is 4.90 Å². The molecule has 0 aromatic rings. The minimum absolute atomic E-state index is 0.0209. The Balaban J connectivity index is 1.89. The first kappa shape index (κ1) is 12.4. The Morgan fingerprint density at radius 1 is 1.53 bits per heavy atom. The van der Waals surface area contributed by atoms with Crippen LogP contribution in [-0.2, 0) is 9.53 Å². The van der Waals surface area contributed by atoms with Crippen LogP contribution in [0.25, 0.3) is 0 Å². The van der Waals surface area contributed by atoms with E-state index in [1.54, 1.807) is 7.11 Å². The highest BCUT2D eigenvalue weighted by atomic mass is 16.5. The van der Waals surface area contributed by atoms with E-state index in [9.17, 15) is 4.79 Å². The Hall–Kier alpha value is -1.08. The second-order valence-electron chi connectivity index (χ2n) is 5.23. The summed E-state index contributed by atoms with van der Waals surface area (Å²) < 4.78 is 5.48. The number of rotatable bonds is 3. The van der Waals surface area contributed by atoms with Crippen LogP contribution in [0.15, 0.2) is 0 Å². The van der Waals surface area contributed by atoms with Crippen molar-refractivity contribution in [2.45, 2.75) is 44.1 Å². The highest BCUT2D eigenvalue weighted by Gasteiger charge is 2.40. The van der Waals surface area contributed by atoms with E-state index in [2.05, 4.69) is 6.07 Å². The van der Waals surface area contributed by atoms with Gasteiger partial charge in [-0.3, -0.25) is 4.79 Å². The van der Waals surface area contributed by atoms with E-state index in [-0.39, 0.29) is 17.4 Å². The average Bonchev–Trinajstić information content (AvgIpc) is 2.33. The second kappa shape index (κ2) is 5.05. The lowest BCUT2D eigenvalue weighted by atomic mass is 9.77. The predicted octanol–water partition coefficient (Wildman–Crippen LogP) is 1.71. The molecule has 0 bridgehead atoms. The molecule has 1 aliphatic heterocycles. The molecular formula is C13H20N2O2. The van der Waals surface area contributed by atoms with Crippen molar-refractivity contribution in [3.63, 3.8) is 0 Å². The molecule has 0 spiro atoms. The average molecular weight is 236 g/mol. The zero-order valence-electron chi connectivity index (χ0n) is 10.4. The van der Waals surface area contributed by atoms with Crippen molar-refractivity contribution in [2.24, 2.45) is 5.92 Å². The van der Waals surface area contributed by atoms with Gasteiger partial charge in [-0.1, -0.05) is 0 Å². The molecule has 1 atom stereocenters. The van der Waals surface area contributed by atoms with Crippen LogP contribution in [0.5, 0.6) is 0 Å². The number of nitrogens with zero attached hydrogens (tertiary/aromatic N) is 2. The zero-order chi connectivity index (χ0) is 12.3. The van der Waals surface area contributed by atoms with E-state index in [4.69, 9.17) is 10.00 Å². The molecule has 17 heavy (non-hydrogen) atoms. The molecule has 1 unspecified atom stereocenters. The lowest BCUT2D eigenvalue weighted by molar-refractivity contribution is -0.145. The van der Waals surface area contributed by atoms with Gasteiger partial charge in [0.2, 0.25) is 5.91 Å². The lowest BCUT2D eigenvalue weighted by Gasteiger charge is -2.41. The van der Waals surface area contributed by atoms with Crippen LogP contribution in [0.4, 0.5) is 0 Å². The standard InChI is InChI=1S/C13H20N2O2/c1-17-13(5-3-6-13)8-12(16)15-7-2-4-11(9-14)10-15/h11H,2-8,10H2,1H3. The van der Waals surface area contributed by atoms with E-state index in [0.717, 1.165) is 38.6 Å². The Morgan fingerprint density at radius 2 is 2.29 bits per heavy atom. The molecule has 1 heterocycles. The number of methoxy groups -OCH3 is 1. The third-order valence-corrected chi connectivity index (χ3v) is 4.13. The highest BCUT2D eigenvalue weighted by Crippen LogP contribution is 2.38. The van der Waals surface area contributed by atoms with Crippen LogP contribution in [0.3, 0.4) is 0 Å². The minimum atomic E-state index is -0.198. The van der Waals surface area contributed by atoms with E-state index in [1.807, 2.05) is 4.90 Å². The molecule has 0 aromatic heterocycles. The van der Waals surface area contributed by atoms with Gasteiger partial charge in [0.05, 0.1) is 24.0 Å². The van der Waals surface area contributed by atoms with E-state index in [1.165, 1.54) is 0 Å². The van der Waals surface area contributed by atoms with Crippen LogP contribution < -0.4 is 0 Å². The number of hydrogen-bond donors (Lipinski definition) is 0. The van der Waals surface area contributed by atoms with Crippen LogP contribution in [0, 0.1) is 17.2 Å². The van der Waals surface area contributed by atoms with Crippen LogP contribution >= 0.6 is 0 Å². The number of piperidine rings is 1. The van der Waals surface area contributed by atoms with Crippen molar-refractivity contribution in [3.05, 3.63) is 0 Å². The molecule has 0 N–H and O–H groups in total. The third-order valence-electron chi connectivity index (χ3n) is 4.13. The van der Waals surface area contributed by atoms with Gasteiger partial charge >= 0.3 is 0 Å². The summed E-state index contributed by atoms with van der Waals surface area (Å²) >= 11 is 0. The fraction of sp³-hybridized carbons (Fsp3) is 0.846.